The van der Waals surface area contributed by atoms with Gasteiger partial charge in [-0.05, 0) is 35.7 Å². The van der Waals surface area contributed by atoms with Gasteiger partial charge in [-0.1, -0.05) is 41.9 Å². The second-order valence-electron chi connectivity index (χ2n) is 5.04. The minimum Gasteiger partial charge on any atom is -0.496 e. The number of halogens is 1. The maximum absolute atomic E-state index is 10.7. The minimum atomic E-state index is -0.732. The second-order valence-corrected chi connectivity index (χ2v) is 5.44. The summed E-state index contributed by atoms with van der Waals surface area (Å²) in [5, 5.41) is 11.3. The Bertz CT molecular complexity index is 615. The zero-order valence-corrected chi connectivity index (χ0v) is 13.0. The van der Waals surface area contributed by atoms with Crippen molar-refractivity contribution in [1.82, 2.24) is 0 Å². The van der Waals surface area contributed by atoms with Gasteiger partial charge in [-0.15, -0.1) is 0 Å². The van der Waals surface area contributed by atoms with Crippen molar-refractivity contribution in [2.45, 2.75) is 18.9 Å². The van der Waals surface area contributed by atoms with Crippen molar-refractivity contribution in [3.8, 4) is 5.75 Å². The van der Waals surface area contributed by atoms with Crippen LogP contribution < -0.4 is 10.5 Å². The van der Waals surface area contributed by atoms with E-state index in [0.717, 1.165) is 22.4 Å². The number of hydrogen-bond acceptors (Lipinski definition) is 3. The van der Waals surface area contributed by atoms with Crippen LogP contribution in [-0.2, 0) is 0 Å². The standard InChI is InChI=1S/C17H20ClNO2/c1-11-7-8-12(9-16(11)21-2)17(20)14(10-19)13-5-3-4-6-15(13)18/h3-9,14,17,20H,10,19H2,1-2H3. The van der Waals surface area contributed by atoms with Crippen LogP contribution in [0.25, 0.3) is 0 Å². The van der Waals surface area contributed by atoms with E-state index >= 15 is 0 Å². The van der Waals surface area contributed by atoms with Gasteiger partial charge in [-0.3, -0.25) is 0 Å². The first-order valence-corrected chi connectivity index (χ1v) is 7.23. The minimum absolute atomic E-state index is 0.258. The van der Waals surface area contributed by atoms with E-state index in [4.69, 9.17) is 22.1 Å². The highest BCUT2D eigenvalue weighted by molar-refractivity contribution is 6.31. The molecule has 0 radical (unpaired) electrons. The topological polar surface area (TPSA) is 55.5 Å². The van der Waals surface area contributed by atoms with Crippen molar-refractivity contribution in [1.29, 1.82) is 0 Å². The highest BCUT2D eigenvalue weighted by atomic mass is 35.5. The smallest absolute Gasteiger partial charge is 0.122 e. The third-order valence-corrected chi connectivity index (χ3v) is 4.06. The number of ether oxygens (including phenoxy) is 1. The number of nitrogens with two attached hydrogens (primary N) is 1. The van der Waals surface area contributed by atoms with Crippen LogP contribution >= 0.6 is 11.6 Å². The van der Waals surface area contributed by atoms with Crippen LogP contribution in [0.3, 0.4) is 0 Å². The average Bonchev–Trinajstić information content (AvgIpc) is 2.50. The van der Waals surface area contributed by atoms with Gasteiger partial charge in [-0.25, -0.2) is 0 Å². The summed E-state index contributed by atoms with van der Waals surface area (Å²) in [5.41, 5.74) is 8.51. The van der Waals surface area contributed by atoms with Gasteiger partial charge in [0.25, 0.3) is 0 Å². The maximum atomic E-state index is 10.7. The molecule has 0 aliphatic carbocycles. The molecular formula is C17H20ClNO2. The third kappa shape index (κ3) is 3.38. The third-order valence-electron chi connectivity index (χ3n) is 3.71. The molecule has 0 amide bonds. The van der Waals surface area contributed by atoms with Crippen LogP contribution in [0.1, 0.15) is 28.7 Å². The summed E-state index contributed by atoms with van der Waals surface area (Å²) in [6.45, 7) is 2.27. The Morgan fingerprint density at radius 1 is 1.24 bits per heavy atom. The lowest BCUT2D eigenvalue weighted by Crippen LogP contribution is -2.20. The first kappa shape index (κ1) is 15.8. The first-order valence-electron chi connectivity index (χ1n) is 6.85. The van der Waals surface area contributed by atoms with Crippen LogP contribution in [0.5, 0.6) is 5.75 Å². The van der Waals surface area contributed by atoms with E-state index in [-0.39, 0.29) is 5.92 Å². The van der Waals surface area contributed by atoms with Crippen molar-refractivity contribution < 1.29 is 9.84 Å². The molecule has 2 rings (SSSR count). The van der Waals surface area contributed by atoms with Crippen molar-refractivity contribution >= 4 is 11.6 Å². The number of aliphatic hydroxyl groups excluding tert-OH is 1. The molecule has 0 saturated carbocycles. The van der Waals surface area contributed by atoms with Crippen LogP contribution in [0.2, 0.25) is 5.02 Å². The lowest BCUT2D eigenvalue weighted by atomic mass is 9.88. The van der Waals surface area contributed by atoms with Gasteiger partial charge >= 0.3 is 0 Å². The zero-order valence-electron chi connectivity index (χ0n) is 12.2. The summed E-state index contributed by atoms with van der Waals surface area (Å²) in [7, 11) is 1.62. The Morgan fingerprint density at radius 3 is 2.57 bits per heavy atom. The molecule has 0 aliphatic rings. The fourth-order valence-corrected chi connectivity index (χ4v) is 2.73. The first-order chi connectivity index (χ1) is 10.1. The molecule has 21 heavy (non-hydrogen) atoms. The molecule has 2 aromatic rings. The van der Waals surface area contributed by atoms with E-state index in [2.05, 4.69) is 0 Å². The summed E-state index contributed by atoms with van der Waals surface area (Å²) in [6, 6.07) is 13.1. The summed E-state index contributed by atoms with van der Waals surface area (Å²) in [4.78, 5) is 0. The summed E-state index contributed by atoms with van der Waals surface area (Å²) in [5.74, 6) is 0.493. The molecule has 2 unspecified atom stereocenters. The molecule has 3 nitrogen and oxygen atoms in total. The summed E-state index contributed by atoms with van der Waals surface area (Å²) >= 11 is 6.22. The van der Waals surface area contributed by atoms with Crippen molar-refractivity contribution in [3.05, 3.63) is 64.2 Å². The largest absolute Gasteiger partial charge is 0.496 e. The van der Waals surface area contributed by atoms with Gasteiger partial charge in [0.2, 0.25) is 0 Å². The normalized spacial score (nSPS) is 13.8. The van der Waals surface area contributed by atoms with Gasteiger partial charge in [0.05, 0.1) is 13.2 Å². The second kappa shape index (κ2) is 6.94. The monoisotopic (exact) mass is 305 g/mol. The quantitative estimate of drug-likeness (QED) is 0.890. The highest BCUT2D eigenvalue weighted by Crippen LogP contribution is 2.35. The van der Waals surface area contributed by atoms with Gasteiger partial charge in [0, 0.05) is 17.5 Å². The molecule has 2 atom stereocenters. The van der Waals surface area contributed by atoms with Gasteiger partial charge in [-0.2, -0.15) is 0 Å². The van der Waals surface area contributed by atoms with Crippen molar-refractivity contribution in [3.63, 3.8) is 0 Å². The van der Waals surface area contributed by atoms with Crippen molar-refractivity contribution in [2.75, 3.05) is 13.7 Å². The molecule has 0 spiro atoms. The zero-order chi connectivity index (χ0) is 15.4. The predicted octanol–water partition coefficient (Wildman–Crippen LogP) is 3.43. The van der Waals surface area contributed by atoms with Gasteiger partial charge < -0.3 is 15.6 Å². The Labute approximate surface area is 130 Å². The van der Waals surface area contributed by atoms with E-state index < -0.39 is 6.10 Å². The predicted molar refractivity (Wildman–Crippen MR) is 85.9 cm³/mol. The molecular weight excluding hydrogens is 286 g/mol. The highest BCUT2D eigenvalue weighted by Gasteiger charge is 2.24. The molecule has 112 valence electrons. The lowest BCUT2D eigenvalue weighted by Gasteiger charge is -2.24. The van der Waals surface area contributed by atoms with Gasteiger partial charge in [0.1, 0.15) is 5.75 Å². The Balaban J connectivity index is 2.37. The number of aliphatic hydroxyl groups is 1. The van der Waals surface area contributed by atoms with Gasteiger partial charge in [0.15, 0.2) is 0 Å². The molecule has 2 aromatic carbocycles. The molecule has 0 aliphatic heterocycles. The lowest BCUT2D eigenvalue weighted by molar-refractivity contribution is 0.147. The maximum Gasteiger partial charge on any atom is 0.122 e. The number of rotatable bonds is 5. The molecule has 0 fully saturated rings. The molecule has 3 N–H and O–H groups in total. The summed E-state index contributed by atoms with van der Waals surface area (Å²) in [6.07, 6.45) is -0.732. The van der Waals surface area contributed by atoms with E-state index in [1.165, 1.54) is 0 Å². The number of aryl methyl sites for hydroxylation is 1. The van der Waals surface area contributed by atoms with E-state index in [1.54, 1.807) is 7.11 Å². The van der Waals surface area contributed by atoms with Crippen LogP contribution in [0.15, 0.2) is 42.5 Å². The van der Waals surface area contributed by atoms with E-state index in [1.807, 2.05) is 49.4 Å². The fraction of sp³-hybridized carbons (Fsp3) is 0.294. The SMILES string of the molecule is COc1cc(C(O)C(CN)c2ccccc2Cl)ccc1C. The van der Waals surface area contributed by atoms with Crippen LogP contribution in [0, 0.1) is 6.92 Å². The Kier molecular flexibility index (Phi) is 5.23. The number of benzene rings is 2. The molecule has 0 heterocycles. The fourth-order valence-electron chi connectivity index (χ4n) is 2.45. The van der Waals surface area contributed by atoms with Crippen molar-refractivity contribution in [2.24, 2.45) is 5.73 Å². The summed E-state index contributed by atoms with van der Waals surface area (Å²) < 4.78 is 5.31. The number of hydrogen-bond donors (Lipinski definition) is 2. The van der Waals surface area contributed by atoms with Crippen LogP contribution in [0.4, 0.5) is 0 Å². The molecule has 0 aromatic heterocycles. The molecule has 0 saturated heterocycles. The average molecular weight is 306 g/mol. The molecule has 0 bridgehead atoms. The number of methoxy groups -OCH3 is 1. The van der Waals surface area contributed by atoms with E-state index in [0.29, 0.717) is 11.6 Å². The molecule has 4 heteroatoms. The van der Waals surface area contributed by atoms with E-state index in [9.17, 15) is 5.11 Å². The van der Waals surface area contributed by atoms with Crippen LogP contribution in [-0.4, -0.2) is 18.8 Å². The Hall–Kier alpha value is -1.55. The Morgan fingerprint density at radius 2 is 1.95 bits per heavy atom.